The van der Waals surface area contributed by atoms with Crippen LogP contribution >= 0.6 is 0 Å². The topological polar surface area (TPSA) is 32.9 Å². The molecule has 0 fully saturated rings. The molecule has 0 aliphatic carbocycles. The molecule has 0 radical (unpaired) electrons. The number of halogens is 1. The van der Waals surface area contributed by atoms with Crippen LogP contribution in [-0.4, -0.2) is 9.91 Å². The first-order valence-corrected chi connectivity index (χ1v) is 5.75. The number of aromatic amines is 1. The maximum absolute atomic E-state index is 10.6. The fraction of sp³-hybridized carbons (Fsp3) is 0.167. The third-order valence-electron chi connectivity index (χ3n) is 0.936. The Hall–Kier alpha value is -0.320. The van der Waals surface area contributed by atoms with Gasteiger partial charge in [0.2, 0.25) is 0 Å². The van der Waals surface area contributed by atoms with E-state index in [1.165, 1.54) is 6.07 Å². The summed E-state index contributed by atoms with van der Waals surface area (Å²) >= 11 is 0.0370. The SMILES string of the molecule is C[I-]c1cccc(=O)[nH]1. The quantitative estimate of drug-likeness (QED) is 0.320. The van der Waals surface area contributed by atoms with Crippen molar-refractivity contribution in [2.24, 2.45) is 0 Å². The van der Waals surface area contributed by atoms with E-state index in [4.69, 9.17) is 0 Å². The summed E-state index contributed by atoms with van der Waals surface area (Å²) in [6, 6.07) is 5.27. The zero-order valence-corrected chi connectivity index (χ0v) is 7.18. The van der Waals surface area contributed by atoms with Crippen LogP contribution < -0.4 is 26.8 Å². The van der Waals surface area contributed by atoms with E-state index in [0.29, 0.717) is 0 Å². The molecule has 50 valence electrons. The molecule has 9 heavy (non-hydrogen) atoms. The second-order valence-electron chi connectivity index (χ2n) is 1.55. The Morgan fingerprint density at radius 1 is 1.56 bits per heavy atom. The molecule has 1 heterocycles. The van der Waals surface area contributed by atoms with Crippen LogP contribution in [0.25, 0.3) is 0 Å². The van der Waals surface area contributed by atoms with Crippen LogP contribution in [-0.2, 0) is 0 Å². The fourth-order valence-electron chi connectivity index (χ4n) is 0.531. The Balaban J connectivity index is 3.08. The van der Waals surface area contributed by atoms with Crippen molar-refractivity contribution in [3.8, 4) is 0 Å². The van der Waals surface area contributed by atoms with Gasteiger partial charge < -0.3 is 0 Å². The van der Waals surface area contributed by atoms with Crippen molar-refractivity contribution < 1.29 is 21.2 Å². The number of nitrogens with one attached hydrogen (secondary N) is 1. The van der Waals surface area contributed by atoms with Gasteiger partial charge in [-0.25, -0.2) is 0 Å². The van der Waals surface area contributed by atoms with Crippen LogP contribution in [0.4, 0.5) is 0 Å². The molecule has 0 aliphatic heterocycles. The molecule has 0 aromatic carbocycles. The van der Waals surface area contributed by atoms with Crippen molar-refractivity contribution >= 4 is 0 Å². The Bertz CT molecular complexity index is 243. The van der Waals surface area contributed by atoms with E-state index in [1.807, 2.05) is 6.07 Å². The predicted molar refractivity (Wildman–Crippen MR) is 31.7 cm³/mol. The molecule has 0 saturated heterocycles. The summed E-state index contributed by atoms with van der Waals surface area (Å²) in [4.78, 5) is 15.5. The van der Waals surface area contributed by atoms with Gasteiger partial charge in [0, 0.05) is 0 Å². The molecule has 3 heteroatoms. The van der Waals surface area contributed by atoms with Gasteiger partial charge in [0.1, 0.15) is 0 Å². The number of aromatic nitrogens is 1. The summed E-state index contributed by atoms with van der Waals surface area (Å²) in [5.41, 5.74) is 0.00838. The number of rotatable bonds is 1. The monoisotopic (exact) mass is 236 g/mol. The van der Waals surface area contributed by atoms with Crippen molar-refractivity contribution in [1.82, 2.24) is 4.98 Å². The summed E-state index contributed by atoms with van der Waals surface area (Å²) in [6.07, 6.45) is 0. The van der Waals surface area contributed by atoms with Gasteiger partial charge in [0.05, 0.1) is 0 Å². The first kappa shape index (κ1) is 6.80. The Morgan fingerprint density at radius 3 is 2.78 bits per heavy atom. The van der Waals surface area contributed by atoms with Gasteiger partial charge in [0.25, 0.3) is 0 Å². The first-order chi connectivity index (χ1) is 4.33. The molecule has 1 aromatic heterocycles. The third kappa shape index (κ3) is 1.82. The van der Waals surface area contributed by atoms with Crippen LogP contribution in [0.2, 0.25) is 0 Å². The number of pyridine rings is 1. The number of alkyl halides is 1. The summed E-state index contributed by atoms with van der Waals surface area (Å²) in [7, 11) is 0. The molecule has 0 amide bonds. The standard InChI is InChI=1S/C6H7INO/c1-7-5-3-2-4-6(9)8-5/h2-4H,1H3,(H,8,9)/q-1. The van der Waals surface area contributed by atoms with E-state index >= 15 is 0 Å². The minimum absolute atomic E-state index is 0.00838. The van der Waals surface area contributed by atoms with Gasteiger partial charge in [-0.2, -0.15) is 0 Å². The molecular formula is C6H7INO-. The average molecular weight is 236 g/mol. The van der Waals surface area contributed by atoms with E-state index in [1.54, 1.807) is 6.07 Å². The van der Waals surface area contributed by atoms with Crippen molar-refractivity contribution in [3.63, 3.8) is 0 Å². The summed E-state index contributed by atoms with van der Waals surface area (Å²) < 4.78 is 1.10. The molecule has 0 bridgehead atoms. The number of hydrogen-bond donors (Lipinski definition) is 1. The van der Waals surface area contributed by atoms with E-state index in [2.05, 4.69) is 9.91 Å². The van der Waals surface area contributed by atoms with Crippen molar-refractivity contribution in [2.75, 3.05) is 4.93 Å². The molecule has 1 N–H and O–H groups in total. The molecule has 0 unspecified atom stereocenters. The second-order valence-corrected chi connectivity index (χ2v) is 3.79. The molecule has 0 aliphatic rings. The molecule has 0 saturated carbocycles. The number of hydrogen-bond acceptors (Lipinski definition) is 1. The molecule has 1 aromatic rings. The normalized spacial score (nSPS) is 9.89. The van der Waals surface area contributed by atoms with Crippen LogP contribution in [0.5, 0.6) is 0 Å². The molecule has 1 rings (SSSR count). The van der Waals surface area contributed by atoms with Gasteiger partial charge in [-0.15, -0.1) is 0 Å². The van der Waals surface area contributed by atoms with Gasteiger partial charge >= 0.3 is 63.4 Å². The van der Waals surface area contributed by atoms with Crippen molar-refractivity contribution in [1.29, 1.82) is 0 Å². The van der Waals surface area contributed by atoms with E-state index in [-0.39, 0.29) is 26.8 Å². The third-order valence-corrected chi connectivity index (χ3v) is 2.73. The summed E-state index contributed by atoms with van der Waals surface area (Å²) in [5.74, 6) is 0. The van der Waals surface area contributed by atoms with Crippen LogP contribution in [0.3, 0.4) is 0 Å². The van der Waals surface area contributed by atoms with E-state index in [0.717, 1.165) is 3.70 Å². The van der Waals surface area contributed by atoms with Gasteiger partial charge in [-0.1, -0.05) is 0 Å². The predicted octanol–water partition coefficient (Wildman–Crippen LogP) is -2.74. The van der Waals surface area contributed by atoms with Gasteiger partial charge in [0.15, 0.2) is 0 Å². The second kappa shape index (κ2) is 3.00. The van der Waals surface area contributed by atoms with Crippen LogP contribution in [0.15, 0.2) is 23.0 Å². The Kier molecular flexibility index (Phi) is 2.27. The molecule has 2 nitrogen and oxygen atoms in total. The molecule has 0 spiro atoms. The molecule has 0 atom stereocenters. The van der Waals surface area contributed by atoms with E-state index in [9.17, 15) is 4.79 Å². The maximum atomic E-state index is 10.6. The minimum atomic E-state index is 0.00838. The zero-order valence-electron chi connectivity index (χ0n) is 5.02. The van der Waals surface area contributed by atoms with Crippen LogP contribution in [0.1, 0.15) is 0 Å². The van der Waals surface area contributed by atoms with Crippen molar-refractivity contribution in [2.45, 2.75) is 0 Å². The van der Waals surface area contributed by atoms with E-state index < -0.39 is 0 Å². The van der Waals surface area contributed by atoms with Crippen molar-refractivity contribution in [3.05, 3.63) is 32.3 Å². The molecular weight excluding hydrogens is 229 g/mol. The number of H-pyrrole nitrogens is 1. The van der Waals surface area contributed by atoms with Gasteiger partial charge in [-0.3, -0.25) is 0 Å². The summed E-state index contributed by atoms with van der Waals surface area (Å²) in [6.45, 7) is 0. The fourth-order valence-corrected chi connectivity index (χ4v) is 1.63. The Morgan fingerprint density at radius 2 is 2.33 bits per heavy atom. The first-order valence-electron chi connectivity index (χ1n) is 2.52. The van der Waals surface area contributed by atoms with Crippen LogP contribution in [0, 0.1) is 3.70 Å². The average Bonchev–Trinajstić information content (AvgIpc) is 1.88. The zero-order chi connectivity index (χ0) is 6.69. The van der Waals surface area contributed by atoms with Gasteiger partial charge in [-0.05, 0) is 0 Å². The summed E-state index contributed by atoms with van der Waals surface area (Å²) in [5, 5.41) is 0. The Labute approximate surface area is 63.6 Å².